The number of amides is 1. The van der Waals surface area contributed by atoms with E-state index < -0.39 is 5.91 Å². The standard InChI is InChI=1S/C15H17N5OS/c16-5-11-3-12(22-9-11)7-18-6-10-1-2-20-14(4-10)13(8-19-20)15(17)21/h3,8-10,18H,1-2,4,6-7H2,(H2,17,21). The molecule has 1 atom stereocenters. The van der Waals surface area contributed by atoms with Crippen LogP contribution >= 0.6 is 11.3 Å². The van der Waals surface area contributed by atoms with E-state index in [0.29, 0.717) is 11.5 Å². The van der Waals surface area contributed by atoms with Gasteiger partial charge < -0.3 is 11.1 Å². The van der Waals surface area contributed by atoms with Crippen LogP contribution < -0.4 is 11.1 Å². The second-order valence-corrected chi connectivity index (χ2v) is 6.49. The van der Waals surface area contributed by atoms with E-state index in [2.05, 4.69) is 16.5 Å². The predicted octanol–water partition coefficient (Wildman–Crippen LogP) is 1.27. The van der Waals surface area contributed by atoms with Crippen molar-refractivity contribution in [1.82, 2.24) is 15.1 Å². The van der Waals surface area contributed by atoms with Crippen molar-refractivity contribution in [2.24, 2.45) is 11.7 Å². The number of thiophene rings is 1. The van der Waals surface area contributed by atoms with Crippen LogP contribution in [-0.2, 0) is 19.5 Å². The Balaban J connectivity index is 1.55. The lowest BCUT2D eigenvalue weighted by Gasteiger charge is -2.24. The summed E-state index contributed by atoms with van der Waals surface area (Å²) in [6, 6.07) is 4.06. The first-order valence-corrected chi connectivity index (χ1v) is 8.08. The number of fused-ring (bicyclic) bond motifs is 1. The number of rotatable bonds is 5. The molecule has 3 rings (SSSR count). The molecule has 0 saturated carbocycles. The van der Waals surface area contributed by atoms with Crippen LogP contribution in [0.25, 0.3) is 0 Å². The number of nitrogens with one attached hydrogen (secondary N) is 1. The van der Waals surface area contributed by atoms with Gasteiger partial charge in [0.05, 0.1) is 23.0 Å². The van der Waals surface area contributed by atoms with Crippen LogP contribution in [0.3, 0.4) is 0 Å². The predicted molar refractivity (Wildman–Crippen MR) is 83.3 cm³/mol. The third-order valence-electron chi connectivity index (χ3n) is 3.96. The van der Waals surface area contributed by atoms with E-state index in [1.165, 1.54) is 0 Å². The van der Waals surface area contributed by atoms with Crippen LogP contribution in [0.15, 0.2) is 17.6 Å². The summed E-state index contributed by atoms with van der Waals surface area (Å²) >= 11 is 1.60. The normalized spacial score (nSPS) is 17.0. The van der Waals surface area contributed by atoms with Gasteiger partial charge >= 0.3 is 0 Å². The molecule has 6 nitrogen and oxygen atoms in total. The fraction of sp³-hybridized carbons (Fsp3) is 0.400. The van der Waals surface area contributed by atoms with Crippen molar-refractivity contribution in [2.75, 3.05) is 6.54 Å². The Hall–Kier alpha value is -2.17. The lowest BCUT2D eigenvalue weighted by atomic mass is 9.94. The Kier molecular flexibility index (Phi) is 4.22. The van der Waals surface area contributed by atoms with Crippen molar-refractivity contribution in [3.05, 3.63) is 39.3 Å². The fourth-order valence-corrected chi connectivity index (χ4v) is 3.59. The maximum Gasteiger partial charge on any atom is 0.252 e. The largest absolute Gasteiger partial charge is 0.365 e. The number of nitrogens with two attached hydrogens (primary N) is 1. The topological polar surface area (TPSA) is 96.7 Å². The summed E-state index contributed by atoms with van der Waals surface area (Å²) < 4.78 is 1.88. The first kappa shape index (κ1) is 14.8. The Morgan fingerprint density at radius 3 is 3.23 bits per heavy atom. The highest BCUT2D eigenvalue weighted by molar-refractivity contribution is 7.10. The number of hydrogen-bond donors (Lipinski definition) is 2. The van der Waals surface area contributed by atoms with Crippen molar-refractivity contribution < 1.29 is 4.79 Å². The number of aryl methyl sites for hydroxylation is 1. The first-order valence-electron chi connectivity index (χ1n) is 7.20. The molecule has 1 aliphatic heterocycles. The summed E-state index contributed by atoms with van der Waals surface area (Å²) in [7, 11) is 0. The van der Waals surface area contributed by atoms with E-state index in [1.54, 1.807) is 17.5 Å². The van der Waals surface area contributed by atoms with Crippen molar-refractivity contribution in [1.29, 1.82) is 5.26 Å². The molecule has 2 aromatic rings. The van der Waals surface area contributed by atoms with Gasteiger partial charge in [0.25, 0.3) is 5.91 Å². The average molecular weight is 315 g/mol. The van der Waals surface area contributed by atoms with Gasteiger partial charge in [-0.2, -0.15) is 10.4 Å². The molecule has 1 aliphatic rings. The monoisotopic (exact) mass is 315 g/mol. The van der Waals surface area contributed by atoms with Gasteiger partial charge in [0, 0.05) is 23.3 Å². The molecule has 1 amide bonds. The molecule has 7 heteroatoms. The molecule has 0 aromatic carbocycles. The lowest BCUT2D eigenvalue weighted by Crippen LogP contribution is -2.30. The zero-order valence-corrected chi connectivity index (χ0v) is 12.9. The maximum absolute atomic E-state index is 11.4. The molecule has 0 radical (unpaired) electrons. The third kappa shape index (κ3) is 3.03. The number of carbonyl (C=O) groups excluding carboxylic acids is 1. The number of hydrogen-bond acceptors (Lipinski definition) is 5. The number of aromatic nitrogens is 2. The van der Waals surface area contributed by atoms with Crippen molar-refractivity contribution in [3.8, 4) is 6.07 Å². The molecule has 3 N–H and O–H groups in total. The molecule has 0 spiro atoms. The second kappa shape index (κ2) is 6.30. The van der Waals surface area contributed by atoms with Crippen LogP contribution in [0.2, 0.25) is 0 Å². The van der Waals surface area contributed by atoms with Gasteiger partial charge in [-0.15, -0.1) is 11.3 Å². The van der Waals surface area contributed by atoms with Gasteiger partial charge in [-0.25, -0.2) is 0 Å². The third-order valence-corrected chi connectivity index (χ3v) is 4.90. The summed E-state index contributed by atoms with van der Waals surface area (Å²) in [6.45, 7) is 2.47. The molecule has 0 aliphatic carbocycles. The molecule has 0 saturated heterocycles. The zero-order valence-electron chi connectivity index (χ0n) is 12.1. The Morgan fingerprint density at radius 2 is 2.50 bits per heavy atom. The van der Waals surface area contributed by atoms with Crippen molar-refractivity contribution in [3.63, 3.8) is 0 Å². The highest BCUT2D eigenvalue weighted by Crippen LogP contribution is 2.22. The van der Waals surface area contributed by atoms with Gasteiger partial charge in [-0.3, -0.25) is 9.48 Å². The molecule has 3 heterocycles. The summed E-state index contributed by atoms with van der Waals surface area (Å²) in [5, 5.41) is 18.3. The van der Waals surface area contributed by atoms with Crippen LogP contribution in [0.5, 0.6) is 0 Å². The fourth-order valence-electron chi connectivity index (χ4n) is 2.81. The molecule has 0 fully saturated rings. The smallest absolute Gasteiger partial charge is 0.252 e. The molecular weight excluding hydrogens is 298 g/mol. The number of primary amides is 1. The quantitative estimate of drug-likeness (QED) is 0.868. The van der Waals surface area contributed by atoms with Crippen molar-refractivity contribution in [2.45, 2.75) is 25.9 Å². The number of nitriles is 1. The van der Waals surface area contributed by atoms with Gasteiger partial charge in [0.15, 0.2) is 0 Å². The molecule has 2 aromatic heterocycles. The molecule has 114 valence electrons. The average Bonchev–Trinajstić information content (AvgIpc) is 3.13. The number of nitrogens with zero attached hydrogens (tertiary/aromatic N) is 3. The van der Waals surface area contributed by atoms with Gasteiger partial charge in [-0.1, -0.05) is 0 Å². The van der Waals surface area contributed by atoms with Crippen molar-refractivity contribution >= 4 is 17.2 Å². The minimum Gasteiger partial charge on any atom is -0.365 e. The van der Waals surface area contributed by atoms with E-state index in [4.69, 9.17) is 11.0 Å². The van der Waals surface area contributed by atoms with Gasteiger partial charge in [0.1, 0.15) is 6.07 Å². The van der Waals surface area contributed by atoms with Crippen LogP contribution in [0.1, 0.15) is 32.9 Å². The van der Waals surface area contributed by atoms with Crippen LogP contribution in [-0.4, -0.2) is 22.2 Å². The zero-order chi connectivity index (χ0) is 15.5. The highest BCUT2D eigenvalue weighted by Gasteiger charge is 2.23. The second-order valence-electron chi connectivity index (χ2n) is 5.50. The highest BCUT2D eigenvalue weighted by atomic mass is 32.1. The van der Waals surface area contributed by atoms with Gasteiger partial charge in [-0.05, 0) is 31.4 Å². The first-order chi connectivity index (χ1) is 10.7. The van der Waals surface area contributed by atoms with E-state index in [9.17, 15) is 4.79 Å². The maximum atomic E-state index is 11.4. The summed E-state index contributed by atoms with van der Waals surface area (Å²) in [6.07, 6.45) is 3.43. The molecule has 1 unspecified atom stereocenters. The summed E-state index contributed by atoms with van der Waals surface area (Å²) in [4.78, 5) is 12.6. The molecular formula is C15H17N5OS. The Morgan fingerprint density at radius 1 is 1.64 bits per heavy atom. The van der Waals surface area contributed by atoms with Gasteiger partial charge in [0.2, 0.25) is 0 Å². The number of carbonyl (C=O) groups is 1. The minimum absolute atomic E-state index is 0.405. The molecule has 22 heavy (non-hydrogen) atoms. The van der Waals surface area contributed by atoms with Crippen LogP contribution in [0.4, 0.5) is 0 Å². The Bertz CT molecular complexity index is 727. The summed E-state index contributed by atoms with van der Waals surface area (Å²) in [5.41, 5.74) is 7.60. The van der Waals surface area contributed by atoms with E-state index in [-0.39, 0.29) is 0 Å². The lowest BCUT2D eigenvalue weighted by molar-refractivity contribution is 0.0998. The minimum atomic E-state index is -0.405. The van der Waals surface area contributed by atoms with E-state index >= 15 is 0 Å². The Labute approximate surface area is 132 Å². The summed E-state index contributed by atoms with van der Waals surface area (Å²) in [5.74, 6) is 0.0650. The SMILES string of the molecule is N#Cc1csc(CNCC2CCn3ncc(C(N)=O)c3C2)c1. The van der Waals surface area contributed by atoms with E-state index in [1.807, 2.05) is 16.1 Å². The van der Waals surface area contributed by atoms with E-state index in [0.717, 1.165) is 48.6 Å². The van der Waals surface area contributed by atoms with Crippen LogP contribution in [0, 0.1) is 17.2 Å². The molecule has 0 bridgehead atoms.